The third-order valence-electron chi connectivity index (χ3n) is 4.03. The molecule has 1 aliphatic rings. The van der Waals surface area contributed by atoms with Crippen LogP contribution in [0.4, 0.5) is 0 Å². The maximum atomic E-state index is 12.2. The Bertz CT molecular complexity index is 799. The summed E-state index contributed by atoms with van der Waals surface area (Å²) in [6.07, 6.45) is 3.35. The second kappa shape index (κ2) is 5.20. The van der Waals surface area contributed by atoms with Gasteiger partial charge in [-0.25, -0.2) is 0 Å². The zero-order chi connectivity index (χ0) is 15.1. The Kier molecular flexibility index (Phi) is 3.18. The van der Waals surface area contributed by atoms with Crippen LogP contribution in [0.1, 0.15) is 40.1 Å². The topological polar surface area (TPSA) is 76.5 Å². The van der Waals surface area contributed by atoms with E-state index in [0.717, 1.165) is 41.7 Å². The number of aryl methyl sites for hydroxylation is 1. The van der Waals surface area contributed by atoms with Gasteiger partial charge >= 0.3 is 0 Å². The smallest absolute Gasteiger partial charge is 0.289 e. The first kappa shape index (κ1) is 13.4. The number of hydrogen-bond acceptors (Lipinski definition) is 6. The molecule has 0 saturated carbocycles. The number of hydrogen-bond donors (Lipinski definition) is 0. The van der Waals surface area contributed by atoms with Crippen molar-refractivity contribution >= 4 is 22.2 Å². The summed E-state index contributed by atoms with van der Waals surface area (Å²) in [4.78, 5) is 14.9. The van der Waals surface area contributed by atoms with Gasteiger partial charge in [-0.1, -0.05) is 11.3 Å². The molecular formula is C14H15N5O2S. The largest absolute Gasteiger partial charge is 0.459 e. The van der Waals surface area contributed by atoms with E-state index in [4.69, 9.17) is 4.42 Å². The number of piperidine rings is 1. The lowest BCUT2D eigenvalue weighted by Crippen LogP contribution is -2.37. The molecule has 0 aromatic carbocycles. The van der Waals surface area contributed by atoms with Crippen LogP contribution in [-0.4, -0.2) is 43.7 Å². The van der Waals surface area contributed by atoms with E-state index in [2.05, 4.69) is 15.3 Å². The molecule has 0 radical (unpaired) electrons. The van der Waals surface area contributed by atoms with Gasteiger partial charge in [0.1, 0.15) is 5.01 Å². The highest BCUT2D eigenvalue weighted by atomic mass is 32.1. The number of fused-ring (bicyclic) bond motifs is 1. The summed E-state index contributed by atoms with van der Waals surface area (Å²) in [5.41, 5.74) is 0. The van der Waals surface area contributed by atoms with Gasteiger partial charge in [0, 0.05) is 19.0 Å². The molecule has 0 spiro atoms. The molecule has 4 heterocycles. The van der Waals surface area contributed by atoms with Crippen molar-refractivity contribution in [1.82, 2.24) is 24.7 Å². The Morgan fingerprint density at radius 2 is 2.18 bits per heavy atom. The Morgan fingerprint density at radius 1 is 1.36 bits per heavy atom. The van der Waals surface area contributed by atoms with Crippen LogP contribution in [0, 0.1) is 6.92 Å². The predicted octanol–water partition coefficient (Wildman–Crippen LogP) is 2.11. The summed E-state index contributed by atoms with van der Waals surface area (Å²) in [5.74, 6) is 1.57. The van der Waals surface area contributed by atoms with Crippen molar-refractivity contribution in [2.75, 3.05) is 13.1 Å². The van der Waals surface area contributed by atoms with E-state index in [1.54, 1.807) is 28.0 Å². The molecule has 7 nitrogen and oxygen atoms in total. The first-order valence-corrected chi connectivity index (χ1v) is 8.05. The zero-order valence-electron chi connectivity index (χ0n) is 12.1. The van der Waals surface area contributed by atoms with E-state index < -0.39 is 0 Å². The van der Waals surface area contributed by atoms with Gasteiger partial charge in [0.2, 0.25) is 4.96 Å². The fourth-order valence-electron chi connectivity index (χ4n) is 2.78. The highest BCUT2D eigenvalue weighted by molar-refractivity contribution is 7.16. The van der Waals surface area contributed by atoms with Crippen molar-refractivity contribution in [3.05, 3.63) is 35.0 Å². The molecule has 3 aromatic heterocycles. The fraction of sp³-hybridized carbons (Fsp3) is 0.429. The standard InChI is InChI=1S/C14H15N5O2S/c1-9-15-16-14-19(9)17-12(22-14)10-4-6-18(7-5-10)13(20)11-3-2-8-21-11/h2-3,8,10H,4-7H2,1H3. The summed E-state index contributed by atoms with van der Waals surface area (Å²) in [6, 6.07) is 3.45. The Hall–Kier alpha value is -2.22. The normalized spacial score (nSPS) is 16.5. The third kappa shape index (κ3) is 2.19. The number of amides is 1. The van der Waals surface area contributed by atoms with E-state index >= 15 is 0 Å². The van der Waals surface area contributed by atoms with E-state index in [0.29, 0.717) is 11.7 Å². The van der Waals surface area contributed by atoms with Crippen LogP contribution in [0.15, 0.2) is 22.8 Å². The van der Waals surface area contributed by atoms with Gasteiger partial charge in [-0.3, -0.25) is 4.79 Å². The number of nitrogens with zero attached hydrogens (tertiary/aromatic N) is 5. The molecule has 1 fully saturated rings. The molecule has 0 atom stereocenters. The van der Waals surface area contributed by atoms with Crippen LogP contribution in [0.5, 0.6) is 0 Å². The van der Waals surface area contributed by atoms with Gasteiger partial charge in [-0.15, -0.1) is 10.2 Å². The summed E-state index contributed by atoms with van der Waals surface area (Å²) in [7, 11) is 0. The second-order valence-corrected chi connectivity index (χ2v) is 6.41. The van der Waals surface area contributed by atoms with Crippen molar-refractivity contribution in [3.63, 3.8) is 0 Å². The Morgan fingerprint density at radius 3 is 2.86 bits per heavy atom. The van der Waals surface area contributed by atoms with Crippen molar-refractivity contribution in [1.29, 1.82) is 0 Å². The zero-order valence-corrected chi connectivity index (χ0v) is 12.9. The quantitative estimate of drug-likeness (QED) is 0.723. The lowest BCUT2D eigenvalue weighted by molar-refractivity contribution is 0.0680. The van der Waals surface area contributed by atoms with Crippen molar-refractivity contribution < 1.29 is 9.21 Å². The maximum Gasteiger partial charge on any atom is 0.289 e. The molecule has 22 heavy (non-hydrogen) atoms. The average molecular weight is 317 g/mol. The molecule has 3 aromatic rings. The molecule has 114 valence electrons. The van der Waals surface area contributed by atoms with Crippen LogP contribution in [0.25, 0.3) is 4.96 Å². The summed E-state index contributed by atoms with van der Waals surface area (Å²) in [5, 5.41) is 13.8. The van der Waals surface area contributed by atoms with Gasteiger partial charge in [0.15, 0.2) is 11.6 Å². The Labute approximate surface area is 130 Å². The minimum atomic E-state index is -0.0302. The number of carbonyl (C=O) groups excluding carboxylic acids is 1. The van der Waals surface area contributed by atoms with Gasteiger partial charge in [0.05, 0.1) is 6.26 Å². The van der Waals surface area contributed by atoms with E-state index in [9.17, 15) is 4.79 Å². The van der Waals surface area contributed by atoms with Gasteiger partial charge in [-0.2, -0.15) is 9.61 Å². The number of furan rings is 1. The van der Waals surface area contributed by atoms with E-state index in [1.807, 2.05) is 11.8 Å². The molecule has 8 heteroatoms. The minimum absolute atomic E-state index is 0.0302. The van der Waals surface area contributed by atoms with Gasteiger partial charge in [0.25, 0.3) is 5.91 Å². The summed E-state index contributed by atoms with van der Waals surface area (Å²) < 4.78 is 6.97. The van der Waals surface area contributed by atoms with Gasteiger partial charge in [-0.05, 0) is 31.9 Å². The molecular weight excluding hydrogens is 302 g/mol. The number of carbonyl (C=O) groups is 1. The average Bonchev–Trinajstić information content (AvgIpc) is 3.26. The molecule has 0 unspecified atom stereocenters. The van der Waals surface area contributed by atoms with Crippen molar-refractivity contribution in [2.45, 2.75) is 25.7 Å². The molecule has 1 saturated heterocycles. The molecule has 0 aliphatic carbocycles. The van der Waals surface area contributed by atoms with Crippen LogP contribution in [0.2, 0.25) is 0 Å². The fourth-order valence-corrected chi connectivity index (χ4v) is 3.83. The molecule has 0 N–H and O–H groups in total. The summed E-state index contributed by atoms with van der Waals surface area (Å²) >= 11 is 1.59. The molecule has 0 bridgehead atoms. The number of likely N-dealkylation sites (tertiary alicyclic amines) is 1. The van der Waals surface area contributed by atoms with Crippen molar-refractivity contribution in [2.24, 2.45) is 0 Å². The highest BCUT2D eigenvalue weighted by Gasteiger charge is 2.28. The maximum absolute atomic E-state index is 12.2. The van der Waals surface area contributed by atoms with Crippen LogP contribution in [-0.2, 0) is 0 Å². The molecule has 1 amide bonds. The molecule has 4 rings (SSSR count). The lowest BCUT2D eigenvalue weighted by Gasteiger charge is -2.30. The van der Waals surface area contributed by atoms with E-state index in [1.165, 1.54) is 6.26 Å². The first-order chi connectivity index (χ1) is 10.7. The second-order valence-electron chi connectivity index (χ2n) is 5.43. The lowest BCUT2D eigenvalue weighted by atomic mass is 9.97. The van der Waals surface area contributed by atoms with Gasteiger partial charge < -0.3 is 9.32 Å². The number of aromatic nitrogens is 4. The SMILES string of the molecule is Cc1nnc2sc(C3CCN(C(=O)c4ccco4)CC3)nn12. The van der Waals surface area contributed by atoms with Crippen LogP contribution < -0.4 is 0 Å². The molecule has 1 aliphatic heterocycles. The highest BCUT2D eigenvalue weighted by Crippen LogP contribution is 2.31. The monoisotopic (exact) mass is 317 g/mol. The number of rotatable bonds is 2. The van der Waals surface area contributed by atoms with Crippen LogP contribution in [0.3, 0.4) is 0 Å². The summed E-state index contributed by atoms with van der Waals surface area (Å²) in [6.45, 7) is 3.35. The first-order valence-electron chi connectivity index (χ1n) is 7.24. The Balaban J connectivity index is 1.46. The van der Waals surface area contributed by atoms with Crippen LogP contribution >= 0.6 is 11.3 Å². The third-order valence-corrected chi connectivity index (χ3v) is 5.09. The van der Waals surface area contributed by atoms with E-state index in [-0.39, 0.29) is 5.91 Å². The minimum Gasteiger partial charge on any atom is -0.459 e. The predicted molar refractivity (Wildman–Crippen MR) is 80.0 cm³/mol. The van der Waals surface area contributed by atoms with Crippen molar-refractivity contribution in [3.8, 4) is 0 Å².